The summed E-state index contributed by atoms with van der Waals surface area (Å²) in [7, 11) is 0. The smallest absolute Gasteiger partial charge is 0.346 e. The molecule has 0 aliphatic carbocycles. The molecule has 0 saturated heterocycles. The Bertz CT molecular complexity index is 929. The number of ether oxygens (including phenoxy) is 1. The van der Waals surface area contributed by atoms with Crippen LogP contribution in [0.15, 0.2) is 36.4 Å². The number of carbonyl (C=O) groups is 1. The van der Waals surface area contributed by atoms with E-state index in [1.165, 1.54) is 11.3 Å². The number of carboxylic acids is 1. The van der Waals surface area contributed by atoms with Crippen LogP contribution in [0.3, 0.4) is 0 Å². The molecule has 0 spiro atoms. The van der Waals surface area contributed by atoms with Gasteiger partial charge in [-0.15, -0.1) is 11.3 Å². The van der Waals surface area contributed by atoms with Gasteiger partial charge in [-0.3, -0.25) is 0 Å². The van der Waals surface area contributed by atoms with Crippen LogP contribution < -0.4 is 4.74 Å². The third kappa shape index (κ3) is 2.48. The van der Waals surface area contributed by atoms with Crippen LogP contribution in [0.4, 0.5) is 0 Å². The quantitative estimate of drug-likeness (QED) is 0.691. The maximum absolute atomic E-state index is 11.7. The highest BCUT2D eigenvalue weighted by molar-refractivity contribution is 7.21. The summed E-state index contributed by atoms with van der Waals surface area (Å²) in [6.07, 6.45) is 1.95. The van der Waals surface area contributed by atoms with Crippen LogP contribution in [-0.4, -0.2) is 17.7 Å². The van der Waals surface area contributed by atoms with Crippen molar-refractivity contribution in [3.05, 3.63) is 51.9 Å². The Morgan fingerprint density at radius 1 is 1.22 bits per heavy atom. The number of rotatable bonds is 2. The van der Waals surface area contributed by atoms with Gasteiger partial charge in [-0.1, -0.05) is 23.7 Å². The molecule has 3 nitrogen and oxygen atoms in total. The molecular weight excluding hydrogens is 332 g/mol. The van der Waals surface area contributed by atoms with Crippen LogP contribution in [0.25, 0.3) is 21.2 Å². The largest absolute Gasteiger partial charge is 0.493 e. The Morgan fingerprint density at radius 3 is 2.91 bits per heavy atom. The Morgan fingerprint density at radius 2 is 2.09 bits per heavy atom. The maximum Gasteiger partial charge on any atom is 0.346 e. The van der Waals surface area contributed by atoms with Gasteiger partial charge in [0.2, 0.25) is 0 Å². The van der Waals surface area contributed by atoms with E-state index in [4.69, 9.17) is 16.3 Å². The standard InChI is InChI=1S/C18H13ClO3S/c19-12-4-5-13-15(9-12)23-17(18(20)21)16(13)11-3-6-14-10(8-11)2-1-7-22-14/h3-6,8-9H,1-2,7H2,(H,20,21). The molecule has 2 aromatic carbocycles. The van der Waals surface area contributed by atoms with Gasteiger partial charge in [0.15, 0.2) is 0 Å². The summed E-state index contributed by atoms with van der Waals surface area (Å²) in [6, 6.07) is 11.4. The predicted octanol–water partition coefficient (Wildman–Crippen LogP) is 5.24. The summed E-state index contributed by atoms with van der Waals surface area (Å²) in [6.45, 7) is 0.743. The topological polar surface area (TPSA) is 46.5 Å². The van der Waals surface area contributed by atoms with Crippen LogP contribution in [0, 0.1) is 0 Å². The van der Waals surface area contributed by atoms with Crippen molar-refractivity contribution < 1.29 is 14.6 Å². The van der Waals surface area contributed by atoms with Crippen LogP contribution >= 0.6 is 22.9 Å². The van der Waals surface area contributed by atoms with Crippen molar-refractivity contribution in [3.8, 4) is 16.9 Å². The van der Waals surface area contributed by atoms with Crippen molar-refractivity contribution in [3.63, 3.8) is 0 Å². The van der Waals surface area contributed by atoms with Crippen molar-refractivity contribution in [1.82, 2.24) is 0 Å². The number of aryl methyl sites for hydroxylation is 1. The molecule has 4 rings (SSSR count). The zero-order valence-corrected chi connectivity index (χ0v) is 13.7. The lowest BCUT2D eigenvalue weighted by molar-refractivity contribution is 0.0703. The summed E-state index contributed by atoms with van der Waals surface area (Å²) in [5.74, 6) is -0.00857. The van der Waals surface area contributed by atoms with E-state index in [0.29, 0.717) is 9.90 Å². The van der Waals surface area contributed by atoms with E-state index < -0.39 is 5.97 Å². The molecule has 1 N–H and O–H groups in total. The average molecular weight is 345 g/mol. The molecule has 1 aliphatic rings. The summed E-state index contributed by atoms with van der Waals surface area (Å²) in [4.78, 5) is 12.0. The van der Waals surface area contributed by atoms with E-state index in [0.717, 1.165) is 52.0 Å². The summed E-state index contributed by atoms with van der Waals surface area (Å²) in [5.41, 5.74) is 2.82. The first kappa shape index (κ1) is 14.5. The number of hydrogen-bond donors (Lipinski definition) is 1. The number of carboxylic acid groups (broad SMARTS) is 1. The van der Waals surface area contributed by atoms with Crippen molar-refractivity contribution in [2.75, 3.05) is 6.61 Å². The minimum Gasteiger partial charge on any atom is -0.493 e. The molecule has 0 radical (unpaired) electrons. The van der Waals surface area contributed by atoms with E-state index in [2.05, 4.69) is 6.07 Å². The fraction of sp³-hybridized carbons (Fsp3) is 0.167. The lowest BCUT2D eigenvalue weighted by Gasteiger charge is -2.18. The summed E-state index contributed by atoms with van der Waals surface area (Å²) in [5, 5.41) is 11.1. The molecule has 0 fully saturated rings. The van der Waals surface area contributed by atoms with Crippen molar-refractivity contribution >= 4 is 39.0 Å². The first-order valence-electron chi connectivity index (χ1n) is 7.35. The van der Waals surface area contributed by atoms with Crippen LogP contribution in [0.2, 0.25) is 5.02 Å². The second-order valence-electron chi connectivity index (χ2n) is 5.53. The molecule has 0 atom stereocenters. The van der Waals surface area contributed by atoms with Crippen LogP contribution in [0.1, 0.15) is 21.7 Å². The zero-order chi connectivity index (χ0) is 16.0. The molecule has 1 aliphatic heterocycles. The van der Waals surface area contributed by atoms with Gasteiger partial charge in [0.1, 0.15) is 10.6 Å². The molecule has 0 unspecified atom stereocenters. The number of thiophene rings is 1. The molecule has 116 valence electrons. The van der Waals surface area contributed by atoms with E-state index in [9.17, 15) is 9.90 Å². The molecule has 0 amide bonds. The predicted molar refractivity (Wildman–Crippen MR) is 93.0 cm³/mol. The van der Waals surface area contributed by atoms with Crippen LogP contribution in [0.5, 0.6) is 5.75 Å². The number of benzene rings is 2. The second kappa shape index (κ2) is 5.55. The Balaban J connectivity index is 1.97. The number of aromatic carboxylic acids is 1. The Labute approximate surface area is 142 Å². The normalized spacial score (nSPS) is 13.6. The molecule has 0 saturated carbocycles. The van der Waals surface area contributed by atoms with E-state index in [-0.39, 0.29) is 0 Å². The summed E-state index contributed by atoms with van der Waals surface area (Å²) >= 11 is 7.31. The highest BCUT2D eigenvalue weighted by atomic mass is 35.5. The van der Waals surface area contributed by atoms with Gasteiger partial charge >= 0.3 is 5.97 Å². The van der Waals surface area contributed by atoms with Gasteiger partial charge in [-0.25, -0.2) is 4.79 Å². The molecule has 2 heterocycles. The van der Waals surface area contributed by atoms with E-state index >= 15 is 0 Å². The average Bonchev–Trinajstić information content (AvgIpc) is 2.93. The SMILES string of the molecule is O=C(O)c1sc2cc(Cl)ccc2c1-c1ccc2c(c1)CCCO2. The van der Waals surface area contributed by atoms with Gasteiger partial charge in [0.25, 0.3) is 0 Å². The maximum atomic E-state index is 11.7. The first-order chi connectivity index (χ1) is 11.1. The zero-order valence-electron chi connectivity index (χ0n) is 12.1. The fourth-order valence-corrected chi connectivity index (χ4v) is 4.36. The van der Waals surface area contributed by atoms with Gasteiger partial charge in [-0.2, -0.15) is 0 Å². The van der Waals surface area contributed by atoms with Gasteiger partial charge < -0.3 is 9.84 Å². The molecule has 1 aromatic heterocycles. The highest BCUT2D eigenvalue weighted by Crippen LogP contribution is 2.41. The highest BCUT2D eigenvalue weighted by Gasteiger charge is 2.21. The number of halogens is 1. The molecule has 3 aromatic rings. The Kier molecular flexibility index (Phi) is 3.51. The lowest BCUT2D eigenvalue weighted by atomic mass is 9.97. The third-order valence-electron chi connectivity index (χ3n) is 4.04. The Hall–Kier alpha value is -2.04. The lowest BCUT2D eigenvalue weighted by Crippen LogP contribution is -2.08. The number of fused-ring (bicyclic) bond motifs is 2. The minimum atomic E-state index is -0.911. The molecule has 23 heavy (non-hydrogen) atoms. The summed E-state index contributed by atoms with van der Waals surface area (Å²) < 4.78 is 6.53. The van der Waals surface area contributed by atoms with Gasteiger partial charge in [0.05, 0.1) is 6.61 Å². The van der Waals surface area contributed by atoms with E-state index in [1.54, 1.807) is 6.07 Å². The number of hydrogen-bond acceptors (Lipinski definition) is 3. The van der Waals surface area contributed by atoms with Gasteiger partial charge in [0, 0.05) is 20.7 Å². The minimum absolute atomic E-state index is 0.346. The third-order valence-corrected chi connectivity index (χ3v) is 5.42. The first-order valence-corrected chi connectivity index (χ1v) is 8.54. The fourth-order valence-electron chi connectivity index (χ4n) is 3.02. The molecular formula is C18H13ClO3S. The monoisotopic (exact) mass is 344 g/mol. The van der Waals surface area contributed by atoms with Crippen molar-refractivity contribution in [1.29, 1.82) is 0 Å². The molecule has 5 heteroatoms. The van der Waals surface area contributed by atoms with Crippen LogP contribution in [-0.2, 0) is 6.42 Å². The van der Waals surface area contributed by atoms with E-state index in [1.807, 2.05) is 24.3 Å². The second-order valence-corrected chi connectivity index (χ2v) is 7.01. The van der Waals surface area contributed by atoms with Gasteiger partial charge in [-0.05, 0) is 48.2 Å². The molecule has 0 bridgehead atoms. The van der Waals surface area contributed by atoms with Crippen molar-refractivity contribution in [2.45, 2.75) is 12.8 Å². The van der Waals surface area contributed by atoms with Crippen molar-refractivity contribution in [2.24, 2.45) is 0 Å².